The number of Topliss-reactive ketones (excluding diaryl/α,β-unsaturated/α-hetero) is 1. The molecule has 0 saturated carbocycles. The number of tetrazole rings is 1. The van der Waals surface area contributed by atoms with Crippen LogP contribution >= 0.6 is 0 Å². The van der Waals surface area contributed by atoms with Crippen molar-refractivity contribution in [1.82, 2.24) is 25.0 Å². The van der Waals surface area contributed by atoms with Crippen LogP contribution in [0.25, 0.3) is 16.6 Å². The molecule has 2 aliphatic rings. The molecule has 2 N–H and O–H groups in total. The van der Waals surface area contributed by atoms with Gasteiger partial charge >= 0.3 is 5.97 Å². The number of nitrogens with two attached hydrogens (primary N) is 1. The van der Waals surface area contributed by atoms with E-state index >= 15 is 0 Å². The number of benzene rings is 1. The molecule has 1 unspecified atom stereocenters. The monoisotopic (exact) mass is 497 g/mol. The van der Waals surface area contributed by atoms with Crippen molar-refractivity contribution in [3.05, 3.63) is 77.0 Å². The molecule has 1 atom stereocenters. The van der Waals surface area contributed by atoms with Crippen molar-refractivity contribution in [3.8, 4) is 5.75 Å². The van der Waals surface area contributed by atoms with E-state index in [0.717, 1.165) is 16.6 Å². The Hall–Kier alpha value is -4.80. The van der Waals surface area contributed by atoms with Crippen molar-refractivity contribution in [2.45, 2.75) is 25.2 Å². The van der Waals surface area contributed by atoms with Crippen molar-refractivity contribution in [3.63, 3.8) is 0 Å². The van der Waals surface area contributed by atoms with E-state index in [2.05, 4.69) is 20.5 Å². The zero-order valence-electron chi connectivity index (χ0n) is 20.2. The first-order valence-corrected chi connectivity index (χ1v) is 11.8. The molecule has 0 saturated heterocycles. The first-order chi connectivity index (χ1) is 18.0. The standard InChI is InChI=1S/C26H23N7O4/c1-36-16-8-9-18-14(11-16)12-17(25-29-30-31-33(18)25)21-22-19(6-3-7-20(22)34)32(15-5-4-10-28-13-15)24(27)23(21)26(35)37-2/h4-5,8-13,21H,3,6-7,27H2,1-2H3. The number of methoxy groups -OCH3 is 2. The Kier molecular flexibility index (Phi) is 5.32. The smallest absolute Gasteiger partial charge is 0.338 e. The molecule has 0 fully saturated rings. The number of anilines is 1. The van der Waals surface area contributed by atoms with Crippen LogP contribution in [0.2, 0.25) is 0 Å². The van der Waals surface area contributed by atoms with E-state index in [9.17, 15) is 9.59 Å². The van der Waals surface area contributed by atoms with Crippen LogP contribution in [-0.2, 0) is 14.3 Å². The van der Waals surface area contributed by atoms with Crippen molar-refractivity contribution in [1.29, 1.82) is 0 Å². The summed E-state index contributed by atoms with van der Waals surface area (Å²) < 4.78 is 12.2. The number of hydrogen-bond acceptors (Lipinski definition) is 10. The predicted octanol–water partition coefficient (Wildman–Crippen LogP) is 2.64. The highest BCUT2D eigenvalue weighted by Gasteiger charge is 2.44. The molecular weight excluding hydrogens is 474 g/mol. The number of fused-ring (bicyclic) bond motifs is 3. The zero-order valence-corrected chi connectivity index (χ0v) is 20.2. The minimum atomic E-state index is -0.827. The van der Waals surface area contributed by atoms with Gasteiger partial charge in [0.05, 0.1) is 43.1 Å². The van der Waals surface area contributed by atoms with Gasteiger partial charge in [0.2, 0.25) is 0 Å². The average Bonchev–Trinajstić information content (AvgIpc) is 3.42. The van der Waals surface area contributed by atoms with E-state index in [-0.39, 0.29) is 17.2 Å². The van der Waals surface area contributed by atoms with Crippen LogP contribution in [0, 0.1) is 0 Å². The summed E-state index contributed by atoms with van der Waals surface area (Å²) >= 11 is 0. The van der Waals surface area contributed by atoms with E-state index in [1.165, 1.54) is 7.11 Å². The Morgan fingerprint density at radius 3 is 2.78 bits per heavy atom. The number of nitrogens with zero attached hydrogens (tertiary/aromatic N) is 6. The van der Waals surface area contributed by atoms with Gasteiger partial charge in [-0.1, -0.05) is 0 Å². The summed E-state index contributed by atoms with van der Waals surface area (Å²) in [6.07, 6.45) is 4.92. The molecule has 0 spiro atoms. The lowest BCUT2D eigenvalue weighted by molar-refractivity contribution is -0.136. The number of carbonyl (C=O) groups is 2. The fourth-order valence-electron chi connectivity index (χ4n) is 5.33. The van der Waals surface area contributed by atoms with Gasteiger partial charge < -0.3 is 15.2 Å². The Labute approximate surface area is 211 Å². The van der Waals surface area contributed by atoms with Crippen LogP contribution in [0.3, 0.4) is 0 Å². The Morgan fingerprint density at radius 2 is 2.03 bits per heavy atom. The third-order valence-corrected chi connectivity index (χ3v) is 6.91. The molecule has 0 amide bonds. The van der Waals surface area contributed by atoms with Crippen LogP contribution in [-0.4, -0.2) is 51.0 Å². The lowest BCUT2D eigenvalue weighted by Gasteiger charge is -2.40. The number of carbonyl (C=O) groups excluding carboxylic acids is 2. The van der Waals surface area contributed by atoms with E-state index in [1.807, 2.05) is 30.3 Å². The molecular formula is C26H23N7O4. The van der Waals surface area contributed by atoms with Crippen LogP contribution in [0.5, 0.6) is 5.75 Å². The molecule has 11 nitrogen and oxygen atoms in total. The molecule has 4 aromatic rings. The Morgan fingerprint density at radius 1 is 1.16 bits per heavy atom. The first-order valence-electron chi connectivity index (χ1n) is 11.8. The van der Waals surface area contributed by atoms with Gasteiger partial charge in [-0.05, 0) is 59.7 Å². The minimum Gasteiger partial charge on any atom is -0.497 e. The van der Waals surface area contributed by atoms with Gasteiger partial charge in [0.15, 0.2) is 11.4 Å². The number of aromatic nitrogens is 5. The van der Waals surface area contributed by atoms with Crippen LogP contribution < -0.4 is 15.4 Å². The summed E-state index contributed by atoms with van der Waals surface area (Å²) in [5, 5.41) is 13.1. The minimum absolute atomic E-state index is 0.0644. The molecule has 1 aliphatic carbocycles. The maximum atomic E-state index is 13.6. The highest BCUT2D eigenvalue weighted by atomic mass is 16.5. The molecule has 1 aliphatic heterocycles. The van der Waals surface area contributed by atoms with E-state index in [1.54, 1.807) is 35.0 Å². The third kappa shape index (κ3) is 3.42. The summed E-state index contributed by atoms with van der Waals surface area (Å²) in [6, 6.07) is 11.0. The summed E-state index contributed by atoms with van der Waals surface area (Å²) in [7, 11) is 2.88. The van der Waals surface area contributed by atoms with Gasteiger partial charge in [0.25, 0.3) is 0 Å². The normalized spacial score (nSPS) is 17.9. The van der Waals surface area contributed by atoms with E-state index < -0.39 is 11.9 Å². The summed E-state index contributed by atoms with van der Waals surface area (Å²) in [4.78, 5) is 32.9. The summed E-state index contributed by atoms with van der Waals surface area (Å²) in [6.45, 7) is 0. The Balaban J connectivity index is 1.69. The molecule has 3 aromatic heterocycles. The quantitative estimate of drug-likeness (QED) is 0.419. The molecule has 6 rings (SSSR count). The number of hydrogen-bond donors (Lipinski definition) is 1. The number of rotatable bonds is 4. The average molecular weight is 498 g/mol. The highest BCUT2D eigenvalue weighted by molar-refractivity contribution is 6.06. The van der Waals surface area contributed by atoms with Gasteiger partial charge in [-0.2, -0.15) is 4.52 Å². The largest absolute Gasteiger partial charge is 0.497 e. The molecule has 1 aromatic carbocycles. The van der Waals surface area contributed by atoms with Gasteiger partial charge in [0, 0.05) is 34.8 Å². The Bertz CT molecular complexity index is 1640. The molecule has 4 heterocycles. The van der Waals surface area contributed by atoms with E-state index in [0.29, 0.717) is 47.5 Å². The van der Waals surface area contributed by atoms with Gasteiger partial charge in [-0.15, -0.1) is 5.10 Å². The van der Waals surface area contributed by atoms with Crippen LogP contribution in [0.1, 0.15) is 30.7 Å². The van der Waals surface area contributed by atoms with Gasteiger partial charge in [-0.3, -0.25) is 14.7 Å². The number of pyridine rings is 2. The van der Waals surface area contributed by atoms with E-state index in [4.69, 9.17) is 15.2 Å². The third-order valence-electron chi connectivity index (χ3n) is 6.91. The fourth-order valence-corrected chi connectivity index (χ4v) is 5.33. The lowest BCUT2D eigenvalue weighted by atomic mass is 9.75. The van der Waals surface area contributed by atoms with Crippen molar-refractivity contribution >= 4 is 34.0 Å². The van der Waals surface area contributed by atoms with Crippen molar-refractivity contribution in [2.24, 2.45) is 5.73 Å². The highest BCUT2D eigenvalue weighted by Crippen LogP contribution is 2.47. The van der Waals surface area contributed by atoms with Crippen LogP contribution in [0.4, 0.5) is 5.69 Å². The van der Waals surface area contributed by atoms with Crippen molar-refractivity contribution in [2.75, 3.05) is 19.1 Å². The second kappa shape index (κ2) is 8.70. The summed E-state index contributed by atoms with van der Waals surface area (Å²) in [5.41, 5.74) is 10.5. The first kappa shape index (κ1) is 22.7. The van der Waals surface area contributed by atoms with Crippen LogP contribution in [0.15, 0.2) is 71.5 Å². The predicted molar refractivity (Wildman–Crippen MR) is 133 cm³/mol. The van der Waals surface area contributed by atoms with Gasteiger partial charge in [0.1, 0.15) is 11.6 Å². The SMILES string of the molecule is COC(=O)C1=C(N)N(c2cccnc2)C2=C(C(=O)CCC2)C1c1cc2cc(OC)ccc2n2nnnc12. The molecule has 37 heavy (non-hydrogen) atoms. The maximum absolute atomic E-state index is 13.6. The fraction of sp³-hybridized carbons (Fsp3) is 0.231. The second-order valence-corrected chi connectivity index (χ2v) is 8.85. The molecule has 186 valence electrons. The molecule has 0 bridgehead atoms. The molecule has 11 heteroatoms. The second-order valence-electron chi connectivity index (χ2n) is 8.85. The number of allylic oxidation sites excluding steroid dienone is 2. The number of ketones is 1. The number of esters is 1. The summed E-state index contributed by atoms with van der Waals surface area (Å²) in [5.74, 6) is -0.709. The lowest BCUT2D eigenvalue weighted by Crippen LogP contribution is -2.41. The topological polar surface area (TPSA) is 138 Å². The van der Waals surface area contributed by atoms with Gasteiger partial charge in [-0.25, -0.2) is 4.79 Å². The number of ether oxygens (including phenoxy) is 2. The van der Waals surface area contributed by atoms with Crippen molar-refractivity contribution < 1.29 is 19.1 Å². The zero-order chi connectivity index (χ0) is 25.7. The maximum Gasteiger partial charge on any atom is 0.338 e. The molecule has 0 radical (unpaired) electrons.